The zero-order valence-corrected chi connectivity index (χ0v) is 14.9. The van der Waals surface area contributed by atoms with Gasteiger partial charge in [0.25, 0.3) is 0 Å². The van der Waals surface area contributed by atoms with Crippen LogP contribution < -0.4 is 5.32 Å². The van der Waals surface area contributed by atoms with E-state index in [1.54, 1.807) is 26.2 Å². The minimum absolute atomic E-state index is 0.0360. The third kappa shape index (κ3) is 4.16. The summed E-state index contributed by atoms with van der Waals surface area (Å²) in [5.41, 5.74) is 0.552. The van der Waals surface area contributed by atoms with E-state index in [2.05, 4.69) is 15.5 Å². The summed E-state index contributed by atoms with van der Waals surface area (Å²) >= 11 is 0. The summed E-state index contributed by atoms with van der Waals surface area (Å²) in [7, 11) is -1.46. The first kappa shape index (κ1) is 17.4. The number of aromatic nitrogens is 2. The molecule has 1 N–H and O–H groups in total. The second-order valence-corrected chi connectivity index (χ2v) is 8.77. The lowest BCUT2D eigenvalue weighted by Gasteiger charge is -2.27. The van der Waals surface area contributed by atoms with Gasteiger partial charge in [0.05, 0.1) is 29.3 Å². The van der Waals surface area contributed by atoms with Crippen molar-refractivity contribution in [3.8, 4) is 11.4 Å². The Balaban J connectivity index is 1.62. The van der Waals surface area contributed by atoms with Crippen molar-refractivity contribution < 1.29 is 17.7 Å². The van der Waals surface area contributed by atoms with Crippen molar-refractivity contribution >= 4 is 15.9 Å². The Morgan fingerprint density at radius 2 is 2.20 bits per heavy atom. The van der Waals surface area contributed by atoms with E-state index in [1.807, 2.05) is 18.2 Å². The molecule has 1 aliphatic heterocycles. The first-order valence-electron chi connectivity index (χ1n) is 7.87. The Labute approximate surface area is 146 Å². The van der Waals surface area contributed by atoms with Crippen LogP contribution in [0.2, 0.25) is 0 Å². The molecule has 0 saturated carbocycles. The van der Waals surface area contributed by atoms with Gasteiger partial charge in [-0.15, -0.1) is 0 Å². The SMILES string of the molecule is CN(Cc1cc(-c2ccccn2)no1)C(=O)NC1(C)CCS(=O)(=O)C1. The average molecular weight is 364 g/mol. The number of carbonyl (C=O) groups is 1. The molecule has 1 fully saturated rings. The standard InChI is InChI=1S/C16H20N4O4S/c1-16(6-8-25(22,23)11-16)18-15(21)20(2)10-12-9-14(19-24-12)13-5-3-4-7-17-13/h3-5,7,9H,6,8,10-11H2,1-2H3,(H,18,21). The molecule has 2 aromatic rings. The van der Waals surface area contributed by atoms with E-state index in [0.29, 0.717) is 23.6 Å². The van der Waals surface area contributed by atoms with Gasteiger partial charge in [0.1, 0.15) is 5.69 Å². The molecular weight excluding hydrogens is 344 g/mol. The molecule has 1 saturated heterocycles. The van der Waals surface area contributed by atoms with Crippen molar-refractivity contribution in [2.45, 2.75) is 25.4 Å². The molecule has 134 valence electrons. The van der Waals surface area contributed by atoms with Crippen molar-refractivity contribution in [3.63, 3.8) is 0 Å². The largest absolute Gasteiger partial charge is 0.359 e. The summed E-state index contributed by atoms with van der Waals surface area (Å²) in [4.78, 5) is 18.0. The number of sulfone groups is 1. The Bertz CT molecular complexity index is 865. The molecule has 25 heavy (non-hydrogen) atoms. The van der Waals surface area contributed by atoms with E-state index in [1.165, 1.54) is 4.90 Å². The van der Waals surface area contributed by atoms with Gasteiger partial charge in [-0.25, -0.2) is 13.2 Å². The lowest BCUT2D eigenvalue weighted by molar-refractivity contribution is 0.190. The van der Waals surface area contributed by atoms with Gasteiger partial charge in [0, 0.05) is 19.3 Å². The highest BCUT2D eigenvalue weighted by atomic mass is 32.2. The van der Waals surface area contributed by atoms with Crippen LogP contribution >= 0.6 is 0 Å². The van der Waals surface area contributed by atoms with Gasteiger partial charge in [-0.3, -0.25) is 4.98 Å². The first-order chi connectivity index (χ1) is 11.8. The van der Waals surface area contributed by atoms with Gasteiger partial charge in [0.2, 0.25) is 0 Å². The lowest BCUT2D eigenvalue weighted by Crippen LogP contribution is -2.51. The lowest BCUT2D eigenvalue weighted by atomic mass is 10.0. The average Bonchev–Trinajstić information content (AvgIpc) is 3.12. The fourth-order valence-electron chi connectivity index (χ4n) is 2.79. The molecule has 9 heteroatoms. The molecule has 1 atom stereocenters. The van der Waals surface area contributed by atoms with Crippen LogP contribution in [0.1, 0.15) is 19.1 Å². The normalized spacial score (nSPS) is 21.8. The first-order valence-corrected chi connectivity index (χ1v) is 9.69. The third-order valence-corrected chi connectivity index (χ3v) is 6.04. The number of amides is 2. The molecule has 8 nitrogen and oxygen atoms in total. The van der Waals surface area contributed by atoms with Crippen LogP contribution in [0.5, 0.6) is 0 Å². The minimum atomic E-state index is -3.08. The minimum Gasteiger partial charge on any atom is -0.359 e. The highest BCUT2D eigenvalue weighted by Gasteiger charge is 2.40. The number of nitrogens with zero attached hydrogens (tertiary/aromatic N) is 3. The van der Waals surface area contributed by atoms with Crippen LogP contribution in [0.3, 0.4) is 0 Å². The van der Waals surface area contributed by atoms with E-state index < -0.39 is 15.4 Å². The number of carbonyl (C=O) groups excluding carboxylic acids is 1. The number of rotatable bonds is 4. The smallest absolute Gasteiger partial charge is 0.318 e. The van der Waals surface area contributed by atoms with Crippen LogP contribution in [0.4, 0.5) is 4.79 Å². The zero-order valence-electron chi connectivity index (χ0n) is 14.1. The van der Waals surface area contributed by atoms with Gasteiger partial charge in [0.15, 0.2) is 15.6 Å². The summed E-state index contributed by atoms with van der Waals surface area (Å²) in [5.74, 6) is 0.580. The molecule has 0 aliphatic carbocycles. The fraction of sp³-hybridized carbons (Fsp3) is 0.438. The molecule has 3 rings (SSSR count). The number of nitrogens with one attached hydrogen (secondary N) is 1. The molecule has 3 heterocycles. The highest BCUT2D eigenvalue weighted by Crippen LogP contribution is 2.23. The Morgan fingerprint density at radius 1 is 1.40 bits per heavy atom. The molecule has 1 unspecified atom stereocenters. The molecule has 0 spiro atoms. The molecule has 1 aliphatic rings. The van der Waals surface area contributed by atoms with Gasteiger partial charge < -0.3 is 14.7 Å². The maximum absolute atomic E-state index is 12.3. The molecular formula is C16H20N4O4S. The summed E-state index contributed by atoms with van der Waals surface area (Å²) in [6, 6.07) is 6.86. The van der Waals surface area contributed by atoms with E-state index in [9.17, 15) is 13.2 Å². The van der Waals surface area contributed by atoms with Gasteiger partial charge in [-0.1, -0.05) is 11.2 Å². The van der Waals surface area contributed by atoms with E-state index in [-0.39, 0.29) is 24.1 Å². The predicted molar refractivity (Wildman–Crippen MR) is 91.4 cm³/mol. The van der Waals surface area contributed by atoms with Crippen LogP contribution in [0, 0.1) is 0 Å². The fourth-order valence-corrected chi connectivity index (χ4v) is 4.88. The van der Waals surface area contributed by atoms with Crippen LogP contribution in [0.25, 0.3) is 11.4 Å². The number of hydrogen-bond donors (Lipinski definition) is 1. The van der Waals surface area contributed by atoms with Crippen LogP contribution in [-0.4, -0.2) is 53.6 Å². The predicted octanol–water partition coefficient (Wildman–Crippen LogP) is 1.46. The molecule has 0 aromatic carbocycles. The molecule has 0 radical (unpaired) electrons. The maximum Gasteiger partial charge on any atom is 0.318 e. The molecule has 2 amide bonds. The number of urea groups is 1. The van der Waals surface area contributed by atoms with Crippen molar-refractivity contribution in [3.05, 3.63) is 36.2 Å². The summed E-state index contributed by atoms with van der Waals surface area (Å²) < 4.78 is 28.5. The quantitative estimate of drug-likeness (QED) is 0.880. The second-order valence-electron chi connectivity index (χ2n) is 6.58. The van der Waals surface area contributed by atoms with Gasteiger partial charge in [-0.05, 0) is 25.5 Å². The van der Waals surface area contributed by atoms with Crippen molar-refractivity contribution in [2.75, 3.05) is 18.6 Å². The summed E-state index contributed by atoms with van der Waals surface area (Å²) in [5, 5.41) is 6.76. The van der Waals surface area contributed by atoms with Crippen molar-refractivity contribution in [1.82, 2.24) is 20.4 Å². The molecule has 0 bridgehead atoms. The Morgan fingerprint density at radius 3 is 2.84 bits per heavy atom. The maximum atomic E-state index is 12.3. The van der Waals surface area contributed by atoms with Crippen molar-refractivity contribution in [1.29, 1.82) is 0 Å². The summed E-state index contributed by atoms with van der Waals surface area (Å²) in [6.45, 7) is 1.96. The van der Waals surface area contributed by atoms with Gasteiger partial charge >= 0.3 is 6.03 Å². The third-order valence-electron chi connectivity index (χ3n) is 4.14. The number of pyridine rings is 1. The molecule has 2 aromatic heterocycles. The zero-order chi connectivity index (χ0) is 18.1. The van der Waals surface area contributed by atoms with E-state index in [4.69, 9.17) is 4.52 Å². The van der Waals surface area contributed by atoms with E-state index >= 15 is 0 Å². The van der Waals surface area contributed by atoms with Crippen LogP contribution in [0.15, 0.2) is 35.0 Å². The summed E-state index contributed by atoms with van der Waals surface area (Å²) in [6.07, 6.45) is 2.08. The highest BCUT2D eigenvalue weighted by molar-refractivity contribution is 7.91. The number of hydrogen-bond acceptors (Lipinski definition) is 6. The monoisotopic (exact) mass is 364 g/mol. The van der Waals surface area contributed by atoms with E-state index in [0.717, 1.165) is 0 Å². The Hall–Kier alpha value is -2.42. The Kier molecular flexibility index (Phi) is 4.51. The van der Waals surface area contributed by atoms with Crippen LogP contribution in [-0.2, 0) is 16.4 Å². The van der Waals surface area contributed by atoms with Crippen molar-refractivity contribution in [2.24, 2.45) is 0 Å². The second kappa shape index (κ2) is 6.47. The topological polar surface area (TPSA) is 105 Å². The van der Waals surface area contributed by atoms with Gasteiger partial charge in [-0.2, -0.15) is 0 Å².